The Hall–Kier alpha value is -2.63. The molecule has 0 atom stereocenters. The highest BCUT2D eigenvalue weighted by molar-refractivity contribution is 5.95. The Morgan fingerprint density at radius 1 is 1.40 bits per heavy atom. The van der Waals surface area contributed by atoms with Crippen molar-refractivity contribution >= 4 is 23.2 Å². The molecule has 0 spiro atoms. The molecule has 0 radical (unpaired) electrons. The van der Waals surface area contributed by atoms with Crippen molar-refractivity contribution in [2.75, 3.05) is 18.2 Å². The predicted octanol–water partition coefficient (Wildman–Crippen LogP) is 2.64. The van der Waals surface area contributed by atoms with E-state index in [0.29, 0.717) is 17.1 Å². The number of nitrogens with two attached hydrogens (primary N) is 1. The first-order chi connectivity index (χ1) is 9.51. The maximum Gasteiger partial charge on any atom is 0.340 e. The summed E-state index contributed by atoms with van der Waals surface area (Å²) in [6, 6.07) is 6.07. The van der Waals surface area contributed by atoms with Gasteiger partial charge in [-0.05, 0) is 36.8 Å². The molecule has 1 aromatic heterocycles. The Morgan fingerprint density at radius 2 is 2.15 bits per heavy atom. The maximum atomic E-state index is 13.2. The van der Waals surface area contributed by atoms with Crippen molar-refractivity contribution in [3.8, 4) is 0 Å². The molecule has 5 nitrogen and oxygen atoms in total. The van der Waals surface area contributed by atoms with E-state index in [0.717, 1.165) is 0 Å². The van der Waals surface area contributed by atoms with E-state index in [4.69, 9.17) is 5.73 Å². The topological polar surface area (TPSA) is 77.2 Å². The highest BCUT2D eigenvalue weighted by Gasteiger charge is 2.11. The molecular formula is C14H14FN3O2. The normalized spacial score (nSPS) is 10.2. The van der Waals surface area contributed by atoms with Gasteiger partial charge in [-0.25, -0.2) is 14.2 Å². The monoisotopic (exact) mass is 275 g/mol. The smallest absolute Gasteiger partial charge is 0.340 e. The van der Waals surface area contributed by atoms with E-state index in [1.807, 2.05) is 0 Å². The summed E-state index contributed by atoms with van der Waals surface area (Å²) < 4.78 is 17.8. The molecule has 0 aliphatic carbocycles. The number of rotatable bonds is 3. The van der Waals surface area contributed by atoms with Crippen LogP contribution in [0.2, 0.25) is 0 Å². The van der Waals surface area contributed by atoms with Crippen molar-refractivity contribution in [3.63, 3.8) is 0 Å². The van der Waals surface area contributed by atoms with Crippen molar-refractivity contribution in [2.45, 2.75) is 6.92 Å². The maximum absolute atomic E-state index is 13.2. The molecule has 0 fully saturated rings. The van der Waals surface area contributed by atoms with E-state index in [9.17, 15) is 9.18 Å². The van der Waals surface area contributed by atoms with Crippen LogP contribution in [0.25, 0.3) is 0 Å². The zero-order valence-electron chi connectivity index (χ0n) is 11.1. The number of carbonyl (C=O) groups excluding carboxylic acids is 1. The second kappa shape index (κ2) is 5.56. The zero-order chi connectivity index (χ0) is 14.7. The Morgan fingerprint density at radius 3 is 2.80 bits per heavy atom. The van der Waals surface area contributed by atoms with Gasteiger partial charge in [0.05, 0.1) is 24.6 Å². The van der Waals surface area contributed by atoms with Gasteiger partial charge in [-0.1, -0.05) is 0 Å². The lowest BCUT2D eigenvalue weighted by molar-refractivity contribution is 0.0602. The summed E-state index contributed by atoms with van der Waals surface area (Å²) in [5, 5.41) is 2.98. The van der Waals surface area contributed by atoms with Crippen LogP contribution < -0.4 is 11.1 Å². The number of pyridine rings is 1. The van der Waals surface area contributed by atoms with E-state index in [-0.39, 0.29) is 17.1 Å². The number of aromatic nitrogens is 1. The first kappa shape index (κ1) is 13.8. The van der Waals surface area contributed by atoms with Gasteiger partial charge >= 0.3 is 5.97 Å². The molecule has 2 aromatic rings. The first-order valence-electron chi connectivity index (χ1n) is 5.88. The van der Waals surface area contributed by atoms with Crippen LogP contribution in [-0.4, -0.2) is 18.1 Å². The average Bonchev–Trinajstić information content (AvgIpc) is 2.44. The fourth-order valence-electron chi connectivity index (χ4n) is 1.69. The first-order valence-corrected chi connectivity index (χ1v) is 5.88. The number of hydrogen-bond donors (Lipinski definition) is 2. The molecule has 0 saturated heterocycles. The van der Waals surface area contributed by atoms with Crippen LogP contribution in [0.4, 0.5) is 21.6 Å². The summed E-state index contributed by atoms with van der Waals surface area (Å²) in [4.78, 5) is 15.6. The van der Waals surface area contributed by atoms with Crippen LogP contribution in [-0.2, 0) is 4.74 Å². The van der Waals surface area contributed by atoms with Gasteiger partial charge in [0.25, 0.3) is 0 Å². The molecule has 3 N–H and O–H groups in total. The number of nitrogen functional groups attached to an aromatic ring is 1. The number of ether oxygens (including phenoxy) is 1. The molecule has 0 aliphatic rings. The van der Waals surface area contributed by atoms with E-state index in [2.05, 4.69) is 15.0 Å². The van der Waals surface area contributed by atoms with Gasteiger partial charge in [0.1, 0.15) is 11.6 Å². The SMILES string of the molecule is COC(=O)c1cc(Nc2ccc(F)c(C)c2)ncc1N. The van der Waals surface area contributed by atoms with Crippen LogP contribution in [0.3, 0.4) is 0 Å². The summed E-state index contributed by atoms with van der Waals surface area (Å²) in [7, 11) is 1.28. The van der Waals surface area contributed by atoms with Crippen LogP contribution >= 0.6 is 0 Å². The minimum atomic E-state index is -0.539. The predicted molar refractivity (Wildman–Crippen MR) is 74.4 cm³/mol. The van der Waals surface area contributed by atoms with Crippen molar-refractivity contribution in [3.05, 3.63) is 47.4 Å². The second-order valence-corrected chi connectivity index (χ2v) is 4.24. The lowest BCUT2D eigenvalue weighted by Crippen LogP contribution is -2.07. The fraction of sp³-hybridized carbons (Fsp3) is 0.143. The number of hydrogen-bond acceptors (Lipinski definition) is 5. The standard InChI is InChI=1S/C14H14FN3O2/c1-8-5-9(3-4-11(8)15)18-13-6-10(14(19)20-2)12(16)7-17-13/h3-7H,16H2,1-2H3,(H,17,18). The van der Waals surface area contributed by atoms with E-state index in [1.165, 1.54) is 25.4 Å². The number of nitrogens with zero attached hydrogens (tertiary/aromatic N) is 1. The molecular weight excluding hydrogens is 261 g/mol. The molecule has 0 bridgehead atoms. The number of carbonyl (C=O) groups is 1. The van der Waals surface area contributed by atoms with E-state index >= 15 is 0 Å². The minimum Gasteiger partial charge on any atom is -0.465 e. The Kier molecular flexibility index (Phi) is 3.84. The van der Waals surface area contributed by atoms with Gasteiger partial charge in [0, 0.05) is 5.69 Å². The fourth-order valence-corrected chi connectivity index (χ4v) is 1.69. The molecule has 0 aliphatic heterocycles. The number of halogens is 1. The van der Waals surface area contributed by atoms with Crippen molar-refractivity contribution in [1.29, 1.82) is 0 Å². The molecule has 6 heteroatoms. The Balaban J connectivity index is 2.29. The van der Waals surface area contributed by atoms with Crippen LogP contribution in [0.15, 0.2) is 30.5 Å². The van der Waals surface area contributed by atoms with E-state index in [1.54, 1.807) is 19.1 Å². The summed E-state index contributed by atoms with van der Waals surface area (Å²) in [5.74, 6) is -0.398. The van der Waals surface area contributed by atoms with Gasteiger partial charge in [-0.3, -0.25) is 0 Å². The lowest BCUT2D eigenvalue weighted by atomic mass is 10.2. The van der Waals surface area contributed by atoms with Crippen molar-refractivity contribution in [2.24, 2.45) is 0 Å². The van der Waals surface area contributed by atoms with Gasteiger partial charge in [0.15, 0.2) is 0 Å². The Bertz CT molecular complexity index is 659. The molecule has 0 saturated carbocycles. The van der Waals surface area contributed by atoms with Gasteiger partial charge in [0.2, 0.25) is 0 Å². The number of benzene rings is 1. The second-order valence-electron chi connectivity index (χ2n) is 4.24. The van der Waals surface area contributed by atoms with Gasteiger partial charge in [-0.2, -0.15) is 0 Å². The lowest BCUT2D eigenvalue weighted by Gasteiger charge is -2.09. The van der Waals surface area contributed by atoms with Gasteiger partial charge in [-0.15, -0.1) is 0 Å². The third-order valence-corrected chi connectivity index (χ3v) is 2.77. The third kappa shape index (κ3) is 2.85. The summed E-state index contributed by atoms with van der Waals surface area (Å²) in [6.07, 6.45) is 1.37. The molecule has 1 heterocycles. The summed E-state index contributed by atoms with van der Waals surface area (Å²) >= 11 is 0. The average molecular weight is 275 g/mol. The Labute approximate surface area is 115 Å². The van der Waals surface area contributed by atoms with E-state index < -0.39 is 5.97 Å². The summed E-state index contributed by atoms with van der Waals surface area (Å²) in [5.41, 5.74) is 7.30. The molecule has 0 amide bonds. The molecule has 0 unspecified atom stereocenters. The number of methoxy groups -OCH3 is 1. The summed E-state index contributed by atoms with van der Waals surface area (Å²) in [6.45, 7) is 1.66. The van der Waals surface area contributed by atoms with Crippen molar-refractivity contribution in [1.82, 2.24) is 4.98 Å². The molecule has 20 heavy (non-hydrogen) atoms. The van der Waals surface area contributed by atoms with Crippen molar-refractivity contribution < 1.29 is 13.9 Å². The zero-order valence-corrected chi connectivity index (χ0v) is 11.1. The number of nitrogens with one attached hydrogen (secondary N) is 1. The largest absolute Gasteiger partial charge is 0.465 e. The quantitative estimate of drug-likeness (QED) is 0.842. The van der Waals surface area contributed by atoms with Gasteiger partial charge < -0.3 is 15.8 Å². The molecule has 2 rings (SSSR count). The number of esters is 1. The number of anilines is 3. The van der Waals surface area contributed by atoms with Crippen LogP contribution in [0.1, 0.15) is 15.9 Å². The molecule has 104 valence electrons. The molecule has 1 aromatic carbocycles. The number of aryl methyl sites for hydroxylation is 1. The highest BCUT2D eigenvalue weighted by Crippen LogP contribution is 2.21. The van der Waals surface area contributed by atoms with Crippen LogP contribution in [0.5, 0.6) is 0 Å². The minimum absolute atomic E-state index is 0.226. The highest BCUT2D eigenvalue weighted by atomic mass is 19.1. The van der Waals surface area contributed by atoms with Crippen LogP contribution in [0, 0.1) is 12.7 Å². The third-order valence-electron chi connectivity index (χ3n) is 2.77.